The first-order chi connectivity index (χ1) is 10.6. The molecule has 7 heteroatoms. The summed E-state index contributed by atoms with van der Waals surface area (Å²) in [7, 11) is 0. The van der Waals surface area contributed by atoms with Gasteiger partial charge in [0.25, 0.3) is 5.91 Å². The number of amides is 1. The molecule has 0 spiro atoms. The van der Waals surface area contributed by atoms with Crippen LogP contribution in [0, 0.1) is 6.92 Å². The number of nitrogens with zero attached hydrogens (tertiary/aromatic N) is 4. The summed E-state index contributed by atoms with van der Waals surface area (Å²) in [4.78, 5) is 16.4. The van der Waals surface area contributed by atoms with Crippen molar-refractivity contribution in [2.75, 3.05) is 0 Å². The highest BCUT2D eigenvalue weighted by molar-refractivity contribution is 5.95. The van der Waals surface area contributed by atoms with E-state index in [-0.39, 0.29) is 18.0 Å². The van der Waals surface area contributed by atoms with E-state index in [4.69, 9.17) is 0 Å². The summed E-state index contributed by atoms with van der Waals surface area (Å²) in [5, 5.41) is 17.7. The van der Waals surface area contributed by atoms with E-state index >= 15 is 0 Å². The van der Waals surface area contributed by atoms with Gasteiger partial charge in [0.05, 0.1) is 35.8 Å². The maximum atomic E-state index is 12.4. The highest BCUT2D eigenvalue weighted by Gasteiger charge is 2.36. The van der Waals surface area contributed by atoms with Gasteiger partial charge in [-0.05, 0) is 26.7 Å². The lowest BCUT2D eigenvalue weighted by molar-refractivity contribution is 0.0813. The van der Waals surface area contributed by atoms with Crippen molar-refractivity contribution in [2.24, 2.45) is 0 Å². The first-order valence-electron chi connectivity index (χ1n) is 7.60. The molecule has 118 valence electrons. The molecule has 1 saturated carbocycles. The standard InChI is InChI=1S/C15H21N5O2/c1-3-20-8-11(10(2)18-20)15(22)17-12-4-5-13(14(12)21)19-7-6-16-9-19/h6-9,12-14,21H,3-5H2,1-2H3,(H,17,22)/t12-,13-,14-/m1/s1. The molecule has 7 nitrogen and oxygen atoms in total. The summed E-state index contributed by atoms with van der Waals surface area (Å²) in [5.41, 5.74) is 1.28. The minimum Gasteiger partial charge on any atom is -0.389 e. The minimum atomic E-state index is -0.611. The van der Waals surface area contributed by atoms with Crippen LogP contribution in [0.2, 0.25) is 0 Å². The number of aliphatic hydroxyl groups excluding tert-OH is 1. The lowest BCUT2D eigenvalue weighted by Crippen LogP contribution is -2.42. The van der Waals surface area contributed by atoms with E-state index in [2.05, 4.69) is 15.4 Å². The van der Waals surface area contributed by atoms with Crippen molar-refractivity contribution in [3.8, 4) is 0 Å². The number of imidazole rings is 1. The van der Waals surface area contributed by atoms with Gasteiger partial charge in [-0.3, -0.25) is 9.48 Å². The Kier molecular flexibility index (Phi) is 3.98. The third-order valence-corrected chi connectivity index (χ3v) is 4.32. The molecule has 0 saturated heterocycles. The lowest BCUT2D eigenvalue weighted by Gasteiger charge is -2.21. The van der Waals surface area contributed by atoms with Crippen molar-refractivity contribution in [2.45, 2.75) is 51.4 Å². The summed E-state index contributed by atoms with van der Waals surface area (Å²) in [6, 6.07) is -0.281. The van der Waals surface area contributed by atoms with Gasteiger partial charge >= 0.3 is 0 Å². The molecule has 2 N–H and O–H groups in total. The number of hydrogen-bond acceptors (Lipinski definition) is 4. The third-order valence-electron chi connectivity index (χ3n) is 4.32. The van der Waals surface area contributed by atoms with Crippen LogP contribution in [0.3, 0.4) is 0 Å². The number of aromatic nitrogens is 4. The van der Waals surface area contributed by atoms with E-state index in [1.165, 1.54) is 0 Å². The number of hydrogen-bond donors (Lipinski definition) is 2. The molecular weight excluding hydrogens is 282 g/mol. The van der Waals surface area contributed by atoms with Crippen molar-refractivity contribution >= 4 is 5.91 Å². The smallest absolute Gasteiger partial charge is 0.255 e. The molecule has 0 unspecified atom stereocenters. The highest BCUT2D eigenvalue weighted by atomic mass is 16.3. The molecule has 0 radical (unpaired) electrons. The summed E-state index contributed by atoms with van der Waals surface area (Å²) >= 11 is 0. The van der Waals surface area contributed by atoms with E-state index in [1.807, 2.05) is 24.6 Å². The van der Waals surface area contributed by atoms with Crippen LogP contribution in [0.4, 0.5) is 0 Å². The van der Waals surface area contributed by atoms with Crippen molar-refractivity contribution < 1.29 is 9.90 Å². The van der Waals surface area contributed by atoms with Crippen molar-refractivity contribution in [1.82, 2.24) is 24.6 Å². The summed E-state index contributed by atoms with van der Waals surface area (Å²) in [6.45, 7) is 4.52. The maximum Gasteiger partial charge on any atom is 0.255 e. The van der Waals surface area contributed by atoms with Crippen molar-refractivity contribution in [3.05, 3.63) is 36.2 Å². The largest absolute Gasteiger partial charge is 0.389 e. The number of carbonyl (C=O) groups excluding carboxylic acids is 1. The number of aryl methyl sites for hydroxylation is 2. The Balaban J connectivity index is 1.68. The molecule has 3 atom stereocenters. The van der Waals surface area contributed by atoms with Crippen molar-refractivity contribution in [3.63, 3.8) is 0 Å². The number of aliphatic hydroxyl groups is 1. The second kappa shape index (κ2) is 5.92. The van der Waals surface area contributed by atoms with Crippen LogP contribution in [0.15, 0.2) is 24.9 Å². The molecule has 0 aliphatic heterocycles. The summed E-state index contributed by atoms with van der Waals surface area (Å²) in [6.07, 6.45) is 7.94. The topological polar surface area (TPSA) is 85.0 Å². The van der Waals surface area contributed by atoms with Crippen LogP contribution in [0.25, 0.3) is 0 Å². The summed E-state index contributed by atoms with van der Waals surface area (Å²) < 4.78 is 3.64. The van der Waals surface area contributed by atoms with E-state index in [0.29, 0.717) is 11.3 Å². The lowest BCUT2D eigenvalue weighted by atomic mass is 10.1. The maximum absolute atomic E-state index is 12.4. The summed E-state index contributed by atoms with van der Waals surface area (Å²) in [5.74, 6) is -0.174. The second-order valence-corrected chi connectivity index (χ2v) is 5.71. The predicted octanol–water partition coefficient (Wildman–Crippen LogP) is 0.902. The minimum absolute atomic E-state index is 0.0349. The number of nitrogens with one attached hydrogen (secondary N) is 1. The van der Waals surface area contributed by atoms with Crippen LogP contribution in [-0.2, 0) is 6.54 Å². The fraction of sp³-hybridized carbons (Fsp3) is 0.533. The van der Waals surface area contributed by atoms with E-state index in [0.717, 1.165) is 19.4 Å². The third kappa shape index (κ3) is 2.64. The zero-order valence-electron chi connectivity index (χ0n) is 12.8. The Morgan fingerprint density at radius 2 is 2.32 bits per heavy atom. The molecule has 0 aromatic carbocycles. The molecule has 1 aliphatic rings. The van der Waals surface area contributed by atoms with Gasteiger partial charge in [0, 0.05) is 25.1 Å². The zero-order valence-corrected chi connectivity index (χ0v) is 12.8. The molecule has 0 bridgehead atoms. The molecule has 22 heavy (non-hydrogen) atoms. The Morgan fingerprint density at radius 1 is 1.50 bits per heavy atom. The molecule has 2 aromatic heterocycles. The van der Waals surface area contributed by atoms with Crippen LogP contribution in [0.1, 0.15) is 41.9 Å². The zero-order chi connectivity index (χ0) is 15.7. The Labute approximate surface area is 129 Å². The quantitative estimate of drug-likeness (QED) is 0.879. The van der Waals surface area contributed by atoms with Crippen LogP contribution < -0.4 is 5.32 Å². The van der Waals surface area contributed by atoms with E-state index in [9.17, 15) is 9.90 Å². The van der Waals surface area contributed by atoms with E-state index < -0.39 is 6.10 Å². The van der Waals surface area contributed by atoms with Gasteiger partial charge in [-0.15, -0.1) is 0 Å². The average Bonchev–Trinajstić information content (AvgIpc) is 3.20. The van der Waals surface area contributed by atoms with Crippen LogP contribution in [-0.4, -0.2) is 42.5 Å². The Bertz CT molecular complexity index is 649. The Morgan fingerprint density at radius 3 is 2.95 bits per heavy atom. The fourth-order valence-corrected chi connectivity index (χ4v) is 3.06. The normalized spacial score (nSPS) is 24.6. The molecule has 2 aromatic rings. The van der Waals surface area contributed by atoms with Gasteiger partial charge in [-0.25, -0.2) is 4.98 Å². The molecule has 1 fully saturated rings. The average molecular weight is 303 g/mol. The van der Waals surface area contributed by atoms with Gasteiger partial charge in [-0.2, -0.15) is 5.10 Å². The molecule has 1 amide bonds. The van der Waals surface area contributed by atoms with E-state index in [1.54, 1.807) is 23.4 Å². The van der Waals surface area contributed by atoms with Crippen LogP contribution >= 0.6 is 0 Å². The van der Waals surface area contributed by atoms with Crippen LogP contribution in [0.5, 0.6) is 0 Å². The van der Waals surface area contributed by atoms with Gasteiger partial charge in [0.15, 0.2) is 0 Å². The first-order valence-corrected chi connectivity index (χ1v) is 7.60. The number of carbonyl (C=O) groups is 1. The SMILES string of the molecule is CCn1cc(C(=O)N[C@@H]2CC[C@@H](n3ccnc3)[C@@H]2O)c(C)n1. The highest BCUT2D eigenvalue weighted by Crippen LogP contribution is 2.30. The molecule has 1 aliphatic carbocycles. The van der Waals surface area contributed by atoms with Gasteiger partial charge < -0.3 is 15.0 Å². The molecular formula is C15H21N5O2. The van der Waals surface area contributed by atoms with Gasteiger partial charge in [0.1, 0.15) is 0 Å². The monoisotopic (exact) mass is 303 g/mol. The first kappa shape index (κ1) is 14.8. The predicted molar refractivity (Wildman–Crippen MR) is 80.4 cm³/mol. The van der Waals surface area contributed by atoms with Gasteiger partial charge in [-0.1, -0.05) is 0 Å². The molecule has 2 heterocycles. The Hall–Kier alpha value is -2.15. The second-order valence-electron chi connectivity index (χ2n) is 5.71. The van der Waals surface area contributed by atoms with Crippen molar-refractivity contribution in [1.29, 1.82) is 0 Å². The number of rotatable bonds is 4. The van der Waals surface area contributed by atoms with Gasteiger partial charge in [0.2, 0.25) is 0 Å². The molecule has 3 rings (SSSR count). The fourth-order valence-electron chi connectivity index (χ4n) is 3.06.